The van der Waals surface area contributed by atoms with E-state index >= 15 is 0 Å². The molecule has 0 spiro atoms. The van der Waals surface area contributed by atoms with E-state index in [4.69, 9.17) is 21.0 Å². The largest absolute Gasteiger partial charge is 0.419 e. The van der Waals surface area contributed by atoms with Gasteiger partial charge in [0.1, 0.15) is 0 Å². The number of rotatable bonds is 6. The summed E-state index contributed by atoms with van der Waals surface area (Å²) in [4.78, 5) is 20.4. The molecule has 35 heavy (non-hydrogen) atoms. The fourth-order valence-electron chi connectivity index (χ4n) is 3.96. The van der Waals surface area contributed by atoms with Gasteiger partial charge >= 0.3 is 0 Å². The van der Waals surface area contributed by atoms with Crippen LogP contribution in [0.25, 0.3) is 33.6 Å². The third-order valence-electron chi connectivity index (χ3n) is 5.78. The molecule has 2 aromatic heterocycles. The number of pyridine rings is 1. The van der Waals surface area contributed by atoms with Crippen molar-refractivity contribution in [2.24, 2.45) is 0 Å². The molecule has 0 radical (unpaired) electrons. The van der Waals surface area contributed by atoms with E-state index in [-0.39, 0.29) is 18.5 Å². The quantitative estimate of drug-likeness (QED) is 0.270. The summed E-state index contributed by atoms with van der Waals surface area (Å²) in [6.07, 6.45) is 0. The first-order valence-corrected chi connectivity index (χ1v) is 11.7. The molecule has 0 saturated heterocycles. The highest BCUT2D eigenvalue weighted by Gasteiger charge is 2.25. The van der Waals surface area contributed by atoms with E-state index in [0.29, 0.717) is 27.9 Å². The molecule has 0 N–H and O–H groups in total. The summed E-state index contributed by atoms with van der Waals surface area (Å²) in [7, 11) is 0. The second-order valence-electron chi connectivity index (χ2n) is 8.45. The Morgan fingerprint density at radius 2 is 1.66 bits per heavy atom. The maximum Gasteiger partial charge on any atom is 0.255 e. The molecule has 6 nitrogen and oxygen atoms in total. The molecule has 3 aromatic carbocycles. The smallest absolute Gasteiger partial charge is 0.255 e. The standard InChI is InChI=1S/C28H23ClN4O2/c1-18(2)33(17-26-31-32-27(35-26)21-13-6-8-14-23(21)29)28(34)22-16-25(19-10-4-3-5-11-19)30-24-15-9-7-12-20(22)24/h3-16,18H,17H2,1-2H3. The van der Waals surface area contributed by atoms with Crippen molar-refractivity contribution in [3.63, 3.8) is 0 Å². The van der Waals surface area contributed by atoms with E-state index in [1.807, 2.05) is 92.7 Å². The molecule has 5 rings (SSSR count). The minimum atomic E-state index is -0.131. The highest BCUT2D eigenvalue weighted by Crippen LogP contribution is 2.29. The van der Waals surface area contributed by atoms with E-state index in [9.17, 15) is 4.79 Å². The second-order valence-corrected chi connectivity index (χ2v) is 8.85. The zero-order valence-corrected chi connectivity index (χ0v) is 20.1. The molecule has 0 aliphatic heterocycles. The van der Waals surface area contributed by atoms with Crippen LogP contribution in [0.15, 0.2) is 89.3 Å². The van der Waals surface area contributed by atoms with Crippen LogP contribution in [0.2, 0.25) is 5.02 Å². The average molecular weight is 483 g/mol. The van der Waals surface area contributed by atoms with Crippen molar-refractivity contribution in [1.82, 2.24) is 20.1 Å². The van der Waals surface area contributed by atoms with Crippen LogP contribution in [0.1, 0.15) is 30.1 Å². The molecule has 0 aliphatic carbocycles. The fraction of sp³-hybridized carbons (Fsp3) is 0.143. The van der Waals surface area contributed by atoms with E-state index in [0.717, 1.165) is 22.2 Å². The summed E-state index contributed by atoms with van der Waals surface area (Å²) >= 11 is 6.28. The van der Waals surface area contributed by atoms with Crippen molar-refractivity contribution < 1.29 is 9.21 Å². The molecule has 0 bridgehead atoms. The van der Waals surface area contributed by atoms with Gasteiger partial charge in [-0.3, -0.25) is 4.79 Å². The Labute approximate surface area is 208 Å². The Morgan fingerprint density at radius 1 is 0.943 bits per heavy atom. The van der Waals surface area contributed by atoms with Crippen LogP contribution in [0.3, 0.4) is 0 Å². The molecule has 0 unspecified atom stereocenters. The summed E-state index contributed by atoms with van der Waals surface area (Å²) < 4.78 is 5.88. The Balaban J connectivity index is 1.52. The van der Waals surface area contributed by atoms with Crippen molar-refractivity contribution in [3.8, 4) is 22.7 Å². The fourth-order valence-corrected chi connectivity index (χ4v) is 4.18. The normalized spacial score (nSPS) is 11.2. The van der Waals surface area contributed by atoms with Crippen LogP contribution in [-0.4, -0.2) is 32.0 Å². The van der Waals surface area contributed by atoms with Gasteiger partial charge in [0, 0.05) is 17.0 Å². The van der Waals surface area contributed by atoms with Crippen LogP contribution < -0.4 is 0 Å². The lowest BCUT2D eigenvalue weighted by molar-refractivity contribution is 0.0674. The Bertz CT molecular complexity index is 1500. The number of aromatic nitrogens is 3. The van der Waals surface area contributed by atoms with Crippen LogP contribution in [0.5, 0.6) is 0 Å². The summed E-state index contributed by atoms with van der Waals surface area (Å²) in [5.41, 5.74) is 3.69. The molecular weight excluding hydrogens is 460 g/mol. The summed E-state index contributed by atoms with van der Waals surface area (Å²) in [5, 5.41) is 9.64. The number of carbonyl (C=O) groups is 1. The Hall–Kier alpha value is -4.03. The number of nitrogens with zero attached hydrogens (tertiary/aromatic N) is 4. The second kappa shape index (κ2) is 9.68. The lowest BCUT2D eigenvalue weighted by atomic mass is 10.0. The van der Waals surface area contributed by atoms with Gasteiger partial charge < -0.3 is 9.32 Å². The molecule has 0 aliphatic rings. The van der Waals surface area contributed by atoms with Crippen molar-refractivity contribution in [3.05, 3.63) is 101 Å². The van der Waals surface area contributed by atoms with Crippen molar-refractivity contribution in [2.45, 2.75) is 26.4 Å². The maximum absolute atomic E-state index is 13.9. The van der Waals surface area contributed by atoms with Crippen molar-refractivity contribution in [2.75, 3.05) is 0 Å². The SMILES string of the molecule is CC(C)N(Cc1nnc(-c2ccccc2Cl)o1)C(=O)c1cc(-c2ccccc2)nc2ccccc12. The van der Waals surface area contributed by atoms with E-state index in [2.05, 4.69) is 10.2 Å². The molecule has 2 heterocycles. The number of hydrogen-bond acceptors (Lipinski definition) is 5. The molecular formula is C28H23ClN4O2. The number of carbonyl (C=O) groups excluding carboxylic acids is 1. The lowest BCUT2D eigenvalue weighted by Crippen LogP contribution is -2.36. The van der Waals surface area contributed by atoms with Crippen molar-refractivity contribution >= 4 is 28.4 Å². The predicted molar refractivity (Wildman–Crippen MR) is 137 cm³/mol. The van der Waals surface area contributed by atoms with Crippen LogP contribution in [0.4, 0.5) is 0 Å². The first kappa shape index (κ1) is 22.7. The highest BCUT2D eigenvalue weighted by atomic mass is 35.5. The summed E-state index contributed by atoms with van der Waals surface area (Å²) in [5.74, 6) is 0.527. The number of para-hydroxylation sites is 1. The van der Waals surface area contributed by atoms with Gasteiger partial charge in [-0.15, -0.1) is 10.2 Å². The zero-order chi connectivity index (χ0) is 24.4. The monoisotopic (exact) mass is 482 g/mol. The maximum atomic E-state index is 13.9. The molecule has 5 aromatic rings. The first-order valence-electron chi connectivity index (χ1n) is 11.3. The molecule has 174 valence electrons. The molecule has 7 heteroatoms. The number of amides is 1. The van der Waals surface area contributed by atoms with Gasteiger partial charge in [0.05, 0.1) is 33.9 Å². The first-order chi connectivity index (χ1) is 17.0. The van der Waals surface area contributed by atoms with Crippen LogP contribution in [0, 0.1) is 0 Å². The Kier molecular flexibility index (Phi) is 6.29. The topological polar surface area (TPSA) is 72.1 Å². The van der Waals surface area contributed by atoms with E-state index in [1.165, 1.54) is 0 Å². The molecule has 1 amide bonds. The van der Waals surface area contributed by atoms with E-state index < -0.39 is 0 Å². The number of halogens is 1. The lowest BCUT2D eigenvalue weighted by Gasteiger charge is -2.26. The number of hydrogen-bond donors (Lipinski definition) is 0. The van der Waals surface area contributed by atoms with Crippen molar-refractivity contribution in [1.29, 1.82) is 0 Å². The van der Waals surface area contributed by atoms with E-state index in [1.54, 1.807) is 11.0 Å². The van der Waals surface area contributed by atoms with Gasteiger partial charge in [-0.05, 0) is 38.1 Å². The predicted octanol–water partition coefficient (Wildman–Crippen LogP) is 6.66. The van der Waals surface area contributed by atoms with Gasteiger partial charge in [-0.25, -0.2) is 4.98 Å². The minimum Gasteiger partial charge on any atom is -0.419 e. The van der Waals surface area contributed by atoms with Gasteiger partial charge in [0.15, 0.2) is 0 Å². The molecule has 0 fully saturated rings. The number of benzene rings is 3. The van der Waals surface area contributed by atoms with Crippen LogP contribution in [-0.2, 0) is 6.54 Å². The van der Waals surface area contributed by atoms with Gasteiger partial charge in [-0.2, -0.15) is 0 Å². The number of fused-ring (bicyclic) bond motifs is 1. The van der Waals surface area contributed by atoms with Gasteiger partial charge in [0.25, 0.3) is 5.91 Å². The minimum absolute atomic E-state index is 0.106. The Morgan fingerprint density at radius 3 is 2.43 bits per heavy atom. The highest BCUT2D eigenvalue weighted by molar-refractivity contribution is 6.33. The third-order valence-corrected chi connectivity index (χ3v) is 6.11. The van der Waals surface area contributed by atoms with Gasteiger partial charge in [-0.1, -0.05) is 72.3 Å². The summed E-state index contributed by atoms with van der Waals surface area (Å²) in [6.45, 7) is 4.10. The summed E-state index contributed by atoms with van der Waals surface area (Å²) in [6, 6.07) is 26.6. The molecule has 0 saturated carbocycles. The van der Waals surface area contributed by atoms with Gasteiger partial charge in [0.2, 0.25) is 11.8 Å². The zero-order valence-electron chi connectivity index (χ0n) is 19.4. The third kappa shape index (κ3) is 4.66. The molecule has 0 atom stereocenters. The van der Waals surface area contributed by atoms with Crippen LogP contribution >= 0.6 is 11.6 Å². The average Bonchev–Trinajstić information content (AvgIpc) is 3.35.